The minimum absolute atomic E-state index is 0.273. The molecule has 0 aliphatic rings. The topological polar surface area (TPSA) is 84.5 Å². The van der Waals surface area contributed by atoms with E-state index in [9.17, 15) is 10.1 Å². The van der Waals surface area contributed by atoms with Gasteiger partial charge in [-0.15, -0.1) is 11.3 Å². The van der Waals surface area contributed by atoms with E-state index in [2.05, 4.69) is 21.1 Å². The number of thiazole rings is 1. The molecule has 1 atom stereocenters. The molecule has 0 bridgehead atoms. The molecule has 0 spiro atoms. The van der Waals surface area contributed by atoms with Crippen molar-refractivity contribution in [3.8, 4) is 6.07 Å². The van der Waals surface area contributed by atoms with E-state index in [-0.39, 0.29) is 5.78 Å². The first-order chi connectivity index (χ1) is 12.1. The molecule has 0 fully saturated rings. The van der Waals surface area contributed by atoms with E-state index in [0.717, 1.165) is 10.2 Å². The van der Waals surface area contributed by atoms with Gasteiger partial charge in [-0.05, 0) is 25.1 Å². The van der Waals surface area contributed by atoms with Crippen molar-refractivity contribution in [2.24, 2.45) is 7.05 Å². The number of aryl methyl sites for hydroxylation is 2. The molecule has 0 saturated carbocycles. The Morgan fingerprint density at radius 3 is 2.88 bits per heavy atom. The maximum absolute atomic E-state index is 13.1. The predicted octanol–water partition coefficient (Wildman–Crippen LogP) is 3.38. The van der Waals surface area contributed by atoms with Crippen molar-refractivity contribution in [3.63, 3.8) is 0 Å². The first-order valence-corrected chi connectivity index (χ1v) is 8.49. The van der Waals surface area contributed by atoms with Crippen molar-refractivity contribution in [3.05, 3.63) is 52.8 Å². The van der Waals surface area contributed by atoms with Crippen LogP contribution in [-0.2, 0) is 7.05 Å². The van der Waals surface area contributed by atoms with Crippen LogP contribution in [0.5, 0.6) is 0 Å². The molecule has 0 N–H and O–H groups in total. The lowest BCUT2D eigenvalue weighted by Gasteiger charge is -2.07. The highest BCUT2D eigenvalue weighted by Gasteiger charge is 2.27. The van der Waals surface area contributed by atoms with E-state index in [1.807, 2.05) is 31.2 Å². The third-order valence-corrected chi connectivity index (χ3v) is 5.15. The van der Waals surface area contributed by atoms with Crippen LogP contribution in [-0.4, -0.2) is 25.5 Å². The molecule has 25 heavy (non-hydrogen) atoms. The summed E-state index contributed by atoms with van der Waals surface area (Å²) in [6.07, 6.45) is 1.61. The van der Waals surface area contributed by atoms with Gasteiger partial charge < -0.3 is 0 Å². The molecule has 0 aliphatic carbocycles. The number of pyridine rings is 1. The molecule has 4 aromatic rings. The van der Waals surface area contributed by atoms with Crippen LogP contribution in [0.25, 0.3) is 21.3 Å². The number of nitrogens with zero attached hydrogens (tertiary/aromatic N) is 5. The van der Waals surface area contributed by atoms with Gasteiger partial charge in [0.2, 0.25) is 0 Å². The van der Waals surface area contributed by atoms with Crippen LogP contribution in [0.1, 0.15) is 27.0 Å². The van der Waals surface area contributed by atoms with Gasteiger partial charge in [0.05, 0.1) is 22.5 Å². The average Bonchev–Trinajstić information content (AvgIpc) is 3.19. The zero-order valence-electron chi connectivity index (χ0n) is 13.6. The van der Waals surface area contributed by atoms with Crippen LogP contribution in [0.3, 0.4) is 0 Å². The van der Waals surface area contributed by atoms with Crippen LogP contribution < -0.4 is 0 Å². The summed E-state index contributed by atoms with van der Waals surface area (Å²) in [6, 6.07) is 11.5. The van der Waals surface area contributed by atoms with E-state index >= 15 is 0 Å². The molecule has 3 aromatic heterocycles. The largest absolute Gasteiger partial charge is 0.292 e. The molecule has 6 nitrogen and oxygen atoms in total. The fraction of sp³-hybridized carbons (Fsp3) is 0.167. The molecule has 0 radical (unpaired) electrons. The van der Waals surface area contributed by atoms with Crippen LogP contribution in [0.15, 0.2) is 36.5 Å². The van der Waals surface area contributed by atoms with E-state index in [1.165, 1.54) is 11.3 Å². The number of Topliss-reactive ketones (excluding diaryl/α,β-unsaturated/α-hetero) is 1. The number of hydrogen-bond acceptors (Lipinski definition) is 6. The van der Waals surface area contributed by atoms with E-state index in [1.54, 1.807) is 24.0 Å². The van der Waals surface area contributed by atoms with Crippen molar-refractivity contribution in [2.75, 3.05) is 0 Å². The number of nitriles is 1. The monoisotopic (exact) mass is 347 g/mol. The molecule has 1 unspecified atom stereocenters. The minimum atomic E-state index is -0.942. The molecule has 3 heterocycles. The Morgan fingerprint density at radius 1 is 1.32 bits per heavy atom. The van der Waals surface area contributed by atoms with Gasteiger partial charge in [0, 0.05) is 23.7 Å². The average molecular weight is 347 g/mol. The predicted molar refractivity (Wildman–Crippen MR) is 95.6 cm³/mol. The van der Waals surface area contributed by atoms with Gasteiger partial charge in [0.1, 0.15) is 5.01 Å². The highest BCUT2D eigenvalue weighted by molar-refractivity contribution is 7.18. The third-order valence-electron chi connectivity index (χ3n) is 4.05. The van der Waals surface area contributed by atoms with E-state index in [4.69, 9.17) is 0 Å². The van der Waals surface area contributed by atoms with Gasteiger partial charge >= 0.3 is 0 Å². The fourth-order valence-electron chi connectivity index (χ4n) is 2.84. The minimum Gasteiger partial charge on any atom is -0.292 e. The van der Waals surface area contributed by atoms with Crippen molar-refractivity contribution in [2.45, 2.75) is 12.8 Å². The molecule has 4 rings (SSSR count). The number of aromatic nitrogens is 4. The van der Waals surface area contributed by atoms with Crippen LogP contribution >= 0.6 is 11.3 Å². The molecule has 7 heteroatoms. The van der Waals surface area contributed by atoms with Gasteiger partial charge in [-0.25, -0.2) is 9.97 Å². The Balaban J connectivity index is 1.85. The summed E-state index contributed by atoms with van der Waals surface area (Å²) in [5.41, 5.74) is 2.60. The summed E-state index contributed by atoms with van der Waals surface area (Å²) >= 11 is 1.38. The number of benzene rings is 1. The first-order valence-electron chi connectivity index (χ1n) is 7.67. The smallest absolute Gasteiger partial charge is 0.187 e. The molecule has 1 aromatic carbocycles. The molecule has 0 saturated heterocycles. The Labute approximate surface area is 147 Å². The number of carbonyl (C=O) groups excluding carboxylic acids is 1. The highest BCUT2D eigenvalue weighted by atomic mass is 32.1. The van der Waals surface area contributed by atoms with Gasteiger partial charge in [-0.2, -0.15) is 10.4 Å². The van der Waals surface area contributed by atoms with Gasteiger partial charge in [-0.1, -0.05) is 12.1 Å². The Bertz CT molecular complexity index is 1130. The zero-order chi connectivity index (χ0) is 17.6. The second-order valence-corrected chi connectivity index (χ2v) is 6.83. The number of fused-ring (bicyclic) bond motifs is 2. The highest BCUT2D eigenvalue weighted by Crippen LogP contribution is 2.31. The van der Waals surface area contributed by atoms with E-state index < -0.39 is 5.92 Å². The number of ketones is 1. The Kier molecular flexibility index (Phi) is 3.55. The summed E-state index contributed by atoms with van der Waals surface area (Å²) in [6.45, 7) is 1.82. The lowest BCUT2D eigenvalue weighted by atomic mass is 9.97. The normalized spacial score (nSPS) is 12.4. The van der Waals surface area contributed by atoms with Crippen molar-refractivity contribution in [1.29, 1.82) is 5.26 Å². The third kappa shape index (κ3) is 2.47. The first kappa shape index (κ1) is 15.4. The summed E-state index contributed by atoms with van der Waals surface area (Å²) in [4.78, 5) is 22.0. The quantitative estimate of drug-likeness (QED) is 0.530. The lowest BCUT2D eigenvalue weighted by molar-refractivity contribution is 0.0980. The number of rotatable bonds is 3. The SMILES string of the molecule is Cc1cc(C(=O)C(C#N)c2nc3ccccc3s2)c2cnn(C)c2n1. The summed E-state index contributed by atoms with van der Waals surface area (Å²) in [5.74, 6) is -1.22. The number of para-hydroxylation sites is 1. The summed E-state index contributed by atoms with van der Waals surface area (Å²) in [5, 5.41) is 15.0. The number of carbonyl (C=O) groups is 1. The van der Waals surface area contributed by atoms with Crippen LogP contribution in [0.4, 0.5) is 0 Å². The van der Waals surface area contributed by atoms with Crippen molar-refractivity contribution < 1.29 is 4.79 Å². The molecular weight excluding hydrogens is 334 g/mol. The maximum Gasteiger partial charge on any atom is 0.187 e. The van der Waals surface area contributed by atoms with Crippen molar-refractivity contribution >= 4 is 38.4 Å². The molecule has 0 amide bonds. The second-order valence-electron chi connectivity index (χ2n) is 5.76. The molecular formula is C18H13N5OS. The van der Waals surface area contributed by atoms with Crippen LogP contribution in [0, 0.1) is 18.3 Å². The number of hydrogen-bond donors (Lipinski definition) is 0. The standard InChI is InChI=1S/C18H13N5OS/c1-10-7-11(13-9-20-23(2)17(13)21-10)16(24)12(8-19)18-22-14-5-3-4-6-15(14)25-18/h3-7,9,12H,1-2H3. The van der Waals surface area contributed by atoms with Gasteiger partial charge in [0.15, 0.2) is 17.3 Å². The van der Waals surface area contributed by atoms with Crippen LogP contribution in [0.2, 0.25) is 0 Å². The Hall–Kier alpha value is -3.11. The fourth-order valence-corrected chi connectivity index (χ4v) is 3.85. The Morgan fingerprint density at radius 2 is 2.12 bits per heavy atom. The molecule has 0 aliphatic heterocycles. The molecule has 122 valence electrons. The summed E-state index contributed by atoms with van der Waals surface area (Å²) in [7, 11) is 1.78. The maximum atomic E-state index is 13.1. The zero-order valence-corrected chi connectivity index (χ0v) is 14.4. The summed E-state index contributed by atoms with van der Waals surface area (Å²) < 4.78 is 2.58. The second kappa shape index (κ2) is 5.76. The van der Waals surface area contributed by atoms with E-state index in [0.29, 0.717) is 27.3 Å². The lowest BCUT2D eigenvalue weighted by Crippen LogP contribution is -2.12. The van der Waals surface area contributed by atoms with Gasteiger partial charge in [-0.3, -0.25) is 9.48 Å². The van der Waals surface area contributed by atoms with Crippen molar-refractivity contribution in [1.82, 2.24) is 19.7 Å². The van der Waals surface area contributed by atoms with Gasteiger partial charge in [0.25, 0.3) is 0 Å².